The van der Waals surface area contributed by atoms with E-state index in [4.69, 9.17) is 4.21 Å². The predicted molar refractivity (Wildman–Crippen MR) is 212 cm³/mol. The molecule has 0 saturated carbocycles. The molecule has 2 aliphatic rings. The molecule has 0 heterocycles. The summed E-state index contributed by atoms with van der Waals surface area (Å²) in [6.45, 7) is 18.9. The first kappa shape index (κ1) is 33.8. The van der Waals surface area contributed by atoms with Crippen molar-refractivity contribution in [2.75, 3.05) is 0 Å². The monoisotopic (exact) mass is 717 g/mol. The van der Waals surface area contributed by atoms with Gasteiger partial charge in [-0.15, -0.1) is 0 Å². The van der Waals surface area contributed by atoms with E-state index in [2.05, 4.69) is 177 Å². The predicted octanol–water partition coefficient (Wildman–Crippen LogP) is 11.7. The third-order valence-electron chi connectivity index (χ3n) is 10.9. The van der Waals surface area contributed by atoms with E-state index >= 15 is 0 Å². The Balaban J connectivity index is 1.61. The van der Waals surface area contributed by atoms with Gasteiger partial charge in [0.1, 0.15) is 0 Å². The van der Waals surface area contributed by atoms with Crippen LogP contribution in [0.15, 0.2) is 125 Å². The Morgan fingerprint density at radius 3 is 1.80 bits per heavy atom. The third kappa shape index (κ3) is 5.97. The molecule has 7 rings (SSSR count). The van der Waals surface area contributed by atoms with E-state index in [-0.39, 0.29) is 10.8 Å². The van der Waals surface area contributed by atoms with Crippen LogP contribution in [0, 0.1) is 0 Å². The zero-order valence-corrected chi connectivity index (χ0v) is 33.2. The first-order valence-electron chi connectivity index (χ1n) is 18.1. The van der Waals surface area contributed by atoms with Crippen molar-refractivity contribution in [1.29, 1.82) is 0 Å². The molecule has 0 spiro atoms. The Morgan fingerprint density at radius 1 is 0.653 bits per heavy atom. The summed E-state index contributed by atoms with van der Waals surface area (Å²) in [4.78, 5) is 0. The number of benzene rings is 5. The van der Waals surface area contributed by atoms with Crippen LogP contribution in [0.2, 0.25) is 0 Å². The van der Waals surface area contributed by atoms with Crippen molar-refractivity contribution >= 4 is 10.8 Å². The average Bonchev–Trinajstić information content (AvgIpc) is 3.75. The zero-order valence-electron chi connectivity index (χ0n) is 30.7. The molecule has 0 amide bonds. The number of rotatable bonds is 6. The van der Waals surface area contributed by atoms with E-state index in [1.54, 1.807) is 6.55 Å². The van der Waals surface area contributed by atoms with Crippen molar-refractivity contribution < 1.29 is 19.8 Å². The molecule has 0 bridgehead atoms. The Morgan fingerprint density at radius 2 is 1.24 bits per heavy atom. The second-order valence-electron chi connectivity index (χ2n) is 16.7. The molecule has 0 saturated heterocycles. The second kappa shape index (κ2) is 12.6. The summed E-state index contributed by atoms with van der Waals surface area (Å²) in [5.41, 5.74) is 15.4. The minimum absolute atomic E-state index is 0.00356. The van der Waals surface area contributed by atoms with Gasteiger partial charge in [0.2, 0.25) is 0 Å². The van der Waals surface area contributed by atoms with Crippen molar-refractivity contribution in [3.8, 4) is 33.4 Å². The third-order valence-corrected chi connectivity index (χ3v) is 21.2. The molecular weight excluding hydrogens is 668 g/mol. The van der Waals surface area contributed by atoms with Crippen molar-refractivity contribution in [2.24, 2.45) is 0 Å². The molecule has 5 aromatic rings. The fourth-order valence-electron chi connectivity index (χ4n) is 8.23. The number of allylic oxidation sites excluding steroid dienone is 4. The quantitative estimate of drug-likeness (QED) is 0.161. The van der Waals surface area contributed by atoms with Gasteiger partial charge in [0.25, 0.3) is 0 Å². The normalized spacial score (nSPS) is 15.2. The van der Waals surface area contributed by atoms with Crippen LogP contribution in [-0.2, 0) is 37.0 Å². The minimum atomic E-state index is -3.85. The van der Waals surface area contributed by atoms with E-state index < -0.39 is 19.8 Å². The second-order valence-corrected chi connectivity index (χ2v) is 25.3. The summed E-state index contributed by atoms with van der Waals surface area (Å²) >= 11 is -3.85. The molecule has 0 radical (unpaired) electrons. The molecule has 2 aliphatic carbocycles. The fraction of sp³-hybridized carbons (Fsp3) is 0.271. The van der Waals surface area contributed by atoms with E-state index in [1.165, 1.54) is 64.5 Å². The summed E-state index contributed by atoms with van der Waals surface area (Å²) in [5, 5.41) is 0. The first-order valence-corrected chi connectivity index (χ1v) is 23.5. The van der Waals surface area contributed by atoms with Crippen molar-refractivity contribution in [1.82, 2.24) is 0 Å². The molecule has 1 unspecified atom stereocenters. The Hall–Kier alpha value is -3.67. The zero-order chi connectivity index (χ0) is 34.7. The molecule has 0 aliphatic heterocycles. The van der Waals surface area contributed by atoms with Gasteiger partial charge in [0.05, 0.1) is 0 Å². The first-order chi connectivity index (χ1) is 23.3. The Labute approximate surface area is 299 Å². The molecule has 0 aromatic heterocycles. The molecule has 0 N–H and O–H groups in total. The van der Waals surface area contributed by atoms with Crippen LogP contribution in [-0.4, -0.2) is 4.21 Å². The number of hydrogen-bond donors (Lipinski definition) is 0. The summed E-state index contributed by atoms with van der Waals surface area (Å²) in [7, 11) is 0. The number of fused-ring (bicyclic) bond motifs is 3. The van der Waals surface area contributed by atoms with Crippen LogP contribution in [0.4, 0.5) is 0 Å². The van der Waals surface area contributed by atoms with Gasteiger partial charge in [0, 0.05) is 0 Å². The van der Waals surface area contributed by atoms with Gasteiger partial charge in [-0.1, -0.05) is 0 Å². The Bertz CT molecular complexity index is 2140. The Kier molecular flexibility index (Phi) is 8.68. The molecule has 5 aromatic carbocycles. The summed E-state index contributed by atoms with van der Waals surface area (Å²) in [6, 6.07) is 39.6. The van der Waals surface area contributed by atoms with Crippen molar-refractivity contribution in [3.63, 3.8) is 0 Å². The standard InChI is InChI=1S/C33H33.C9H11.C5H5.CH2.Zr/c1-32(2,3)30-20-26-24(18-28(30)22-13-9-7-10-14-22)17-25-19-29(23-15-11-8-12-16-23)31(21-27(25)26)33(4,5)6;1-8(2)9-6-4-3-5-7-9;1-2-4-5-3-1;;/h7-16,18,20-21H,17H2,1-6H3;4-8H,1-2H3;1-3H,4H2;1H2;. The van der Waals surface area contributed by atoms with Gasteiger partial charge in [0.15, 0.2) is 0 Å². The van der Waals surface area contributed by atoms with Gasteiger partial charge in [-0.05, 0) is 0 Å². The summed E-state index contributed by atoms with van der Waals surface area (Å²) in [5.74, 6) is 0.495. The van der Waals surface area contributed by atoms with Crippen LogP contribution >= 0.6 is 0 Å². The average molecular weight is 719 g/mol. The molecule has 1 atom stereocenters. The van der Waals surface area contributed by atoms with E-state index in [0.29, 0.717) is 5.92 Å². The molecule has 247 valence electrons. The molecule has 0 fully saturated rings. The molecular formula is C48H51Zr. The van der Waals surface area contributed by atoms with Gasteiger partial charge in [-0.25, -0.2) is 0 Å². The number of hydrogen-bond acceptors (Lipinski definition) is 0. The van der Waals surface area contributed by atoms with Crippen LogP contribution in [0.1, 0.15) is 95.5 Å². The fourth-order valence-corrected chi connectivity index (χ4v) is 18.1. The van der Waals surface area contributed by atoms with Crippen LogP contribution < -0.4 is 6.54 Å². The summed E-state index contributed by atoms with van der Waals surface area (Å²) < 4.78 is 10.1. The van der Waals surface area contributed by atoms with Gasteiger partial charge in [-0.2, -0.15) is 0 Å². The van der Waals surface area contributed by atoms with E-state index in [0.717, 1.165) is 12.8 Å². The van der Waals surface area contributed by atoms with E-state index in [9.17, 15) is 0 Å². The molecule has 0 nitrogen and oxygen atoms in total. The SMILES string of the molecule is [CH2]=[Zr]([C]1=CC=CC1)([c]1ccc(C(C)C)cc1)[c]1c2c(cc(C(C)(C)C)c1-c1ccccc1)-c1cc(C(C)(C)C)c(-c3ccccc3)cc1C2. The van der Waals surface area contributed by atoms with E-state index in [1.807, 2.05) is 0 Å². The van der Waals surface area contributed by atoms with Gasteiger partial charge < -0.3 is 0 Å². The summed E-state index contributed by atoms with van der Waals surface area (Å²) in [6.07, 6.45) is 8.99. The molecule has 49 heavy (non-hydrogen) atoms. The van der Waals surface area contributed by atoms with Crippen LogP contribution in [0.3, 0.4) is 0 Å². The maximum absolute atomic E-state index is 5.54. The topological polar surface area (TPSA) is 0 Å². The van der Waals surface area contributed by atoms with Crippen molar-refractivity contribution in [2.45, 2.75) is 85.0 Å². The van der Waals surface area contributed by atoms with Crippen LogP contribution in [0.25, 0.3) is 33.4 Å². The van der Waals surface area contributed by atoms with Crippen molar-refractivity contribution in [3.05, 3.63) is 152 Å². The van der Waals surface area contributed by atoms with Gasteiger partial charge >= 0.3 is 301 Å². The van der Waals surface area contributed by atoms with Gasteiger partial charge in [-0.3, -0.25) is 0 Å². The van der Waals surface area contributed by atoms with Crippen LogP contribution in [0.5, 0.6) is 0 Å². The maximum atomic E-state index is 5.54. The molecule has 1 heteroatoms.